The Morgan fingerprint density at radius 3 is 2.76 bits per heavy atom. The van der Waals surface area contributed by atoms with Crippen LogP contribution < -0.4 is 4.74 Å². The van der Waals surface area contributed by atoms with Crippen LogP contribution in [-0.2, 0) is 4.74 Å². The average Bonchev–Trinajstić information content (AvgIpc) is 2.85. The molecule has 1 aliphatic rings. The third-order valence-electron chi connectivity index (χ3n) is 3.64. The minimum absolute atomic E-state index is 0.186. The van der Waals surface area contributed by atoms with Crippen molar-refractivity contribution < 1.29 is 14.6 Å². The first kappa shape index (κ1) is 12.4. The first-order chi connectivity index (χ1) is 8.15. The molecule has 1 fully saturated rings. The molecule has 3 nitrogen and oxygen atoms in total. The summed E-state index contributed by atoms with van der Waals surface area (Å²) in [5, 5.41) is 10.4. The lowest BCUT2D eigenvalue weighted by molar-refractivity contribution is 0.0896. The highest BCUT2D eigenvalue weighted by molar-refractivity contribution is 5.46. The molecule has 0 radical (unpaired) electrons. The van der Waals surface area contributed by atoms with Crippen molar-refractivity contribution in [2.24, 2.45) is 5.92 Å². The van der Waals surface area contributed by atoms with E-state index in [0.29, 0.717) is 6.61 Å². The summed E-state index contributed by atoms with van der Waals surface area (Å²) in [4.78, 5) is 0. The fourth-order valence-electron chi connectivity index (χ4n) is 2.37. The second-order valence-electron chi connectivity index (χ2n) is 4.70. The Labute approximate surface area is 102 Å². The summed E-state index contributed by atoms with van der Waals surface area (Å²) >= 11 is 0. The van der Waals surface area contributed by atoms with Crippen molar-refractivity contribution in [3.05, 3.63) is 28.8 Å². The number of rotatable bonds is 3. The quantitative estimate of drug-likeness (QED) is 0.875. The zero-order valence-electron chi connectivity index (χ0n) is 10.7. The van der Waals surface area contributed by atoms with Crippen LogP contribution >= 0.6 is 0 Å². The van der Waals surface area contributed by atoms with Crippen LogP contribution in [0, 0.1) is 19.8 Å². The van der Waals surface area contributed by atoms with Crippen LogP contribution in [0.3, 0.4) is 0 Å². The number of aryl methyl sites for hydroxylation is 1. The Morgan fingerprint density at radius 2 is 2.18 bits per heavy atom. The zero-order valence-corrected chi connectivity index (χ0v) is 10.7. The Kier molecular flexibility index (Phi) is 3.69. The summed E-state index contributed by atoms with van der Waals surface area (Å²) in [6.45, 7) is 5.45. The molecule has 1 aromatic rings. The van der Waals surface area contributed by atoms with Gasteiger partial charge in [0.2, 0.25) is 0 Å². The minimum atomic E-state index is -0.494. The van der Waals surface area contributed by atoms with Crippen LogP contribution in [0.25, 0.3) is 0 Å². The average molecular weight is 236 g/mol. The molecule has 1 heterocycles. The molecule has 0 aliphatic carbocycles. The molecule has 0 amide bonds. The maximum atomic E-state index is 10.4. The van der Waals surface area contributed by atoms with Gasteiger partial charge < -0.3 is 14.6 Å². The highest BCUT2D eigenvalue weighted by Gasteiger charge is 2.28. The van der Waals surface area contributed by atoms with E-state index in [1.807, 2.05) is 26.0 Å². The predicted octanol–water partition coefficient (Wildman–Crippen LogP) is 2.38. The molecule has 2 unspecified atom stereocenters. The molecule has 2 atom stereocenters. The van der Waals surface area contributed by atoms with Gasteiger partial charge in [-0.3, -0.25) is 0 Å². The fourth-order valence-corrected chi connectivity index (χ4v) is 2.37. The Hall–Kier alpha value is -1.06. The Bertz CT molecular complexity index is 395. The predicted molar refractivity (Wildman–Crippen MR) is 66.4 cm³/mol. The van der Waals surface area contributed by atoms with Gasteiger partial charge in [0.05, 0.1) is 19.8 Å². The van der Waals surface area contributed by atoms with Crippen molar-refractivity contribution in [2.45, 2.75) is 26.4 Å². The van der Waals surface area contributed by atoms with Crippen molar-refractivity contribution in [1.82, 2.24) is 0 Å². The van der Waals surface area contributed by atoms with E-state index in [2.05, 4.69) is 0 Å². The molecular formula is C14H20O3. The number of ether oxygens (including phenoxy) is 2. The SMILES string of the molecule is COc1c(C(O)C2CCOC2)ccc(C)c1C. The third-order valence-corrected chi connectivity index (χ3v) is 3.64. The molecule has 1 saturated heterocycles. The maximum absolute atomic E-state index is 10.4. The molecule has 2 rings (SSSR count). The largest absolute Gasteiger partial charge is 0.496 e. The van der Waals surface area contributed by atoms with Crippen LogP contribution in [0.15, 0.2) is 12.1 Å². The normalized spacial score (nSPS) is 21.5. The molecule has 17 heavy (non-hydrogen) atoms. The summed E-state index contributed by atoms with van der Waals surface area (Å²) in [6.07, 6.45) is 0.420. The van der Waals surface area contributed by atoms with Gasteiger partial charge in [0.1, 0.15) is 5.75 Å². The van der Waals surface area contributed by atoms with Gasteiger partial charge >= 0.3 is 0 Å². The topological polar surface area (TPSA) is 38.7 Å². The lowest BCUT2D eigenvalue weighted by Gasteiger charge is -2.21. The van der Waals surface area contributed by atoms with Crippen LogP contribution in [0.4, 0.5) is 0 Å². The molecule has 0 bridgehead atoms. The highest BCUT2D eigenvalue weighted by Crippen LogP contribution is 2.36. The monoisotopic (exact) mass is 236 g/mol. The highest BCUT2D eigenvalue weighted by atomic mass is 16.5. The van der Waals surface area contributed by atoms with E-state index in [4.69, 9.17) is 9.47 Å². The molecule has 0 aromatic heterocycles. The van der Waals surface area contributed by atoms with Crippen LogP contribution in [-0.4, -0.2) is 25.4 Å². The lowest BCUT2D eigenvalue weighted by Crippen LogP contribution is -2.14. The Morgan fingerprint density at radius 1 is 1.41 bits per heavy atom. The molecule has 94 valence electrons. The van der Waals surface area contributed by atoms with Gasteiger partial charge in [-0.05, 0) is 31.4 Å². The van der Waals surface area contributed by atoms with Crippen LogP contribution in [0.1, 0.15) is 29.2 Å². The van der Waals surface area contributed by atoms with E-state index < -0.39 is 6.10 Å². The van der Waals surface area contributed by atoms with Gasteiger partial charge in [-0.15, -0.1) is 0 Å². The smallest absolute Gasteiger partial charge is 0.127 e. The second-order valence-corrected chi connectivity index (χ2v) is 4.70. The van der Waals surface area contributed by atoms with Gasteiger partial charge in [0.25, 0.3) is 0 Å². The third kappa shape index (κ3) is 2.31. The van der Waals surface area contributed by atoms with Crippen molar-refractivity contribution in [3.8, 4) is 5.75 Å². The summed E-state index contributed by atoms with van der Waals surface area (Å²) < 4.78 is 10.8. The zero-order chi connectivity index (χ0) is 12.4. The van der Waals surface area contributed by atoms with Crippen molar-refractivity contribution in [3.63, 3.8) is 0 Å². The van der Waals surface area contributed by atoms with Gasteiger partial charge in [-0.2, -0.15) is 0 Å². The molecule has 1 aliphatic heterocycles. The minimum Gasteiger partial charge on any atom is -0.496 e. The molecule has 1 N–H and O–H groups in total. The molecule has 0 spiro atoms. The standard InChI is InChI=1S/C14H20O3/c1-9-4-5-12(14(16-3)10(9)2)13(15)11-6-7-17-8-11/h4-5,11,13,15H,6-8H2,1-3H3. The maximum Gasteiger partial charge on any atom is 0.127 e. The van der Waals surface area contributed by atoms with E-state index in [1.54, 1.807) is 7.11 Å². The molecule has 3 heteroatoms. The Balaban J connectivity index is 2.33. The summed E-state index contributed by atoms with van der Waals surface area (Å²) in [6, 6.07) is 4.00. The first-order valence-corrected chi connectivity index (χ1v) is 6.05. The first-order valence-electron chi connectivity index (χ1n) is 6.05. The van der Waals surface area contributed by atoms with E-state index >= 15 is 0 Å². The number of benzene rings is 1. The van der Waals surface area contributed by atoms with Gasteiger partial charge in [-0.25, -0.2) is 0 Å². The van der Waals surface area contributed by atoms with E-state index in [0.717, 1.165) is 29.9 Å². The molecule has 1 aromatic carbocycles. The molecule has 0 saturated carbocycles. The van der Waals surface area contributed by atoms with Crippen molar-refractivity contribution in [2.75, 3.05) is 20.3 Å². The second kappa shape index (κ2) is 5.07. The molecular weight excluding hydrogens is 216 g/mol. The van der Waals surface area contributed by atoms with E-state index in [9.17, 15) is 5.11 Å². The number of methoxy groups -OCH3 is 1. The number of hydrogen-bond donors (Lipinski definition) is 1. The number of aliphatic hydroxyl groups excluding tert-OH is 1. The van der Waals surface area contributed by atoms with Gasteiger partial charge in [0.15, 0.2) is 0 Å². The number of hydrogen-bond acceptors (Lipinski definition) is 3. The summed E-state index contributed by atoms with van der Waals surface area (Å²) in [5.74, 6) is 0.996. The number of aliphatic hydroxyl groups is 1. The summed E-state index contributed by atoms with van der Waals surface area (Å²) in [5.41, 5.74) is 3.16. The van der Waals surface area contributed by atoms with Crippen molar-refractivity contribution in [1.29, 1.82) is 0 Å². The fraction of sp³-hybridized carbons (Fsp3) is 0.571. The van der Waals surface area contributed by atoms with Gasteiger partial charge in [-0.1, -0.05) is 12.1 Å². The van der Waals surface area contributed by atoms with E-state index in [1.165, 1.54) is 5.56 Å². The van der Waals surface area contributed by atoms with Crippen LogP contribution in [0.5, 0.6) is 5.75 Å². The van der Waals surface area contributed by atoms with Gasteiger partial charge in [0, 0.05) is 18.1 Å². The van der Waals surface area contributed by atoms with Crippen molar-refractivity contribution >= 4 is 0 Å². The lowest BCUT2D eigenvalue weighted by atomic mass is 9.92. The van der Waals surface area contributed by atoms with Crippen LogP contribution in [0.2, 0.25) is 0 Å². The summed E-state index contributed by atoms with van der Waals surface area (Å²) in [7, 11) is 1.66. The van der Waals surface area contributed by atoms with E-state index in [-0.39, 0.29) is 5.92 Å².